The Morgan fingerprint density at radius 2 is 2.13 bits per heavy atom. The number of rotatable bonds is 1. The van der Waals surface area contributed by atoms with Gasteiger partial charge in [0.05, 0.1) is 11.7 Å². The SMILES string of the molecule is NC1CCN(c2ccc(F)cc2F)C1=O. The topological polar surface area (TPSA) is 46.3 Å². The molecule has 15 heavy (non-hydrogen) atoms. The first-order valence-electron chi connectivity index (χ1n) is 4.61. The molecule has 80 valence electrons. The Labute approximate surface area is 85.5 Å². The highest BCUT2D eigenvalue weighted by molar-refractivity contribution is 5.99. The number of nitrogens with two attached hydrogens (primary N) is 1. The highest BCUT2D eigenvalue weighted by atomic mass is 19.1. The van der Waals surface area contributed by atoms with Crippen molar-refractivity contribution in [3.8, 4) is 0 Å². The molecular weight excluding hydrogens is 202 g/mol. The summed E-state index contributed by atoms with van der Waals surface area (Å²) >= 11 is 0. The molecule has 1 unspecified atom stereocenters. The number of carbonyl (C=O) groups excluding carboxylic acids is 1. The van der Waals surface area contributed by atoms with Crippen molar-refractivity contribution in [2.24, 2.45) is 5.73 Å². The molecule has 1 aliphatic rings. The summed E-state index contributed by atoms with van der Waals surface area (Å²) in [5.41, 5.74) is 5.59. The smallest absolute Gasteiger partial charge is 0.244 e. The Bertz CT molecular complexity index is 408. The van der Waals surface area contributed by atoms with Gasteiger partial charge in [-0.3, -0.25) is 4.79 Å². The fraction of sp³-hybridized carbons (Fsp3) is 0.300. The van der Waals surface area contributed by atoms with Crippen LogP contribution in [0, 0.1) is 11.6 Å². The quantitative estimate of drug-likeness (QED) is 0.755. The average Bonchev–Trinajstić information content (AvgIpc) is 2.49. The van der Waals surface area contributed by atoms with Crippen molar-refractivity contribution in [2.45, 2.75) is 12.5 Å². The molecule has 2 rings (SSSR count). The van der Waals surface area contributed by atoms with E-state index in [2.05, 4.69) is 0 Å². The molecule has 0 bridgehead atoms. The molecule has 1 saturated heterocycles. The summed E-state index contributed by atoms with van der Waals surface area (Å²) in [5.74, 6) is -1.72. The molecule has 0 saturated carbocycles. The van der Waals surface area contributed by atoms with Gasteiger partial charge in [-0.15, -0.1) is 0 Å². The number of nitrogens with zero attached hydrogens (tertiary/aromatic N) is 1. The van der Waals surface area contributed by atoms with E-state index in [1.165, 1.54) is 11.0 Å². The summed E-state index contributed by atoms with van der Waals surface area (Å²) in [7, 11) is 0. The Hall–Kier alpha value is -1.49. The van der Waals surface area contributed by atoms with Crippen LogP contribution in [0.4, 0.5) is 14.5 Å². The van der Waals surface area contributed by atoms with Crippen LogP contribution in [0.5, 0.6) is 0 Å². The van der Waals surface area contributed by atoms with Crippen molar-refractivity contribution in [1.29, 1.82) is 0 Å². The standard InChI is InChI=1S/C10H10F2N2O/c11-6-1-2-9(7(12)5-6)14-4-3-8(13)10(14)15/h1-2,5,8H,3-4,13H2. The number of carbonyl (C=O) groups is 1. The van der Waals surface area contributed by atoms with Gasteiger partial charge >= 0.3 is 0 Å². The lowest BCUT2D eigenvalue weighted by Gasteiger charge is -2.16. The monoisotopic (exact) mass is 212 g/mol. The number of anilines is 1. The summed E-state index contributed by atoms with van der Waals surface area (Å²) < 4.78 is 26.0. The third-order valence-electron chi connectivity index (χ3n) is 2.45. The number of amides is 1. The zero-order valence-electron chi connectivity index (χ0n) is 7.91. The number of halogens is 2. The molecule has 0 radical (unpaired) electrons. The molecule has 1 amide bonds. The minimum atomic E-state index is -0.738. The van der Waals surface area contributed by atoms with Crippen molar-refractivity contribution >= 4 is 11.6 Å². The van der Waals surface area contributed by atoms with E-state index in [0.29, 0.717) is 13.0 Å². The zero-order valence-corrected chi connectivity index (χ0v) is 7.91. The molecule has 3 nitrogen and oxygen atoms in total. The summed E-state index contributed by atoms with van der Waals surface area (Å²) in [4.78, 5) is 12.7. The van der Waals surface area contributed by atoms with Crippen LogP contribution >= 0.6 is 0 Å². The van der Waals surface area contributed by atoms with E-state index >= 15 is 0 Å². The van der Waals surface area contributed by atoms with E-state index in [1.54, 1.807) is 0 Å². The highest BCUT2D eigenvalue weighted by Gasteiger charge is 2.31. The normalized spacial score (nSPS) is 21.1. The second-order valence-electron chi connectivity index (χ2n) is 3.48. The highest BCUT2D eigenvalue weighted by Crippen LogP contribution is 2.24. The van der Waals surface area contributed by atoms with Crippen LogP contribution in [0.1, 0.15) is 6.42 Å². The van der Waals surface area contributed by atoms with Crippen molar-refractivity contribution in [3.05, 3.63) is 29.8 Å². The van der Waals surface area contributed by atoms with Crippen LogP contribution in [0.3, 0.4) is 0 Å². The molecule has 0 aromatic heterocycles. The maximum absolute atomic E-state index is 13.3. The first kappa shape index (κ1) is 10.0. The lowest BCUT2D eigenvalue weighted by molar-refractivity contribution is -0.118. The van der Waals surface area contributed by atoms with Crippen LogP contribution in [0.15, 0.2) is 18.2 Å². The Kier molecular flexibility index (Phi) is 2.40. The summed E-state index contributed by atoms with van der Waals surface area (Å²) in [6, 6.07) is 2.55. The van der Waals surface area contributed by atoms with Gasteiger partial charge in [0, 0.05) is 12.6 Å². The van der Waals surface area contributed by atoms with E-state index in [-0.39, 0.29) is 11.6 Å². The lowest BCUT2D eigenvalue weighted by Crippen LogP contribution is -2.34. The van der Waals surface area contributed by atoms with Crippen LogP contribution in [-0.4, -0.2) is 18.5 Å². The zero-order chi connectivity index (χ0) is 11.0. The van der Waals surface area contributed by atoms with Crippen molar-refractivity contribution in [1.82, 2.24) is 0 Å². The van der Waals surface area contributed by atoms with Crippen LogP contribution in [0.25, 0.3) is 0 Å². The Morgan fingerprint density at radius 1 is 1.40 bits per heavy atom. The maximum atomic E-state index is 13.3. The average molecular weight is 212 g/mol. The Morgan fingerprint density at radius 3 is 2.67 bits per heavy atom. The molecule has 1 fully saturated rings. The van der Waals surface area contributed by atoms with Gasteiger partial charge in [0.15, 0.2) is 0 Å². The number of hydrogen-bond donors (Lipinski definition) is 1. The maximum Gasteiger partial charge on any atom is 0.244 e. The van der Waals surface area contributed by atoms with Crippen LogP contribution in [0.2, 0.25) is 0 Å². The molecule has 1 atom stereocenters. The molecule has 5 heteroatoms. The molecule has 2 N–H and O–H groups in total. The van der Waals surface area contributed by atoms with Gasteiger partial charge in [0.25, 0.3) is 0 Å². The van der Waals surface area contributed by atoms with Gasteiger partial charge in [-0.2, -0.15) is 0 Å². The van der Waals surface area contributed by atoms with E-state index in [1.807, 2.05) is 0 Å². The van der Waals surface area contributed by atoms with Gasteiger partial charge < -0.3 is 10.6 Å². The molecule has 1 heterocycles. The summed E-state index contributed by atoms with van der Waals surface area (Å²) in [6.07, 6.45) is 0.496. The minimum Gasteiger partial charge on any atom is -0.320 e. The predicted octanol–water partition coefficient (Wildman–Crippen LogP) is 1.03. The van der Waals surface area contributed by atoms with Gasteiger partial charge in [0.2, 0.25) is 5.91 Å². The minimum absolute atomic E-state index is 0.0920. The molecule has 0 aliphatic carbocycles. The Balaban J connectivity index is 2.34. The largest absolute Gasteiger partial charge is 0.320 e. The van der Waals surface area contributed by atoms with Gasteiger partial charge in [-0.1, -0.05) is 0 Å². The molecule has 1 aliphatic heterocycles. The summed E-state index contributed by atoms with van der Waals surface area (Å²) in [5, 5.41) is 0. The van der Waals surface area contributed by atoms with Crippen LogP contribution in [-0.2, 0) is 4.79 Å². The fourth-order valence-corrected chi connectivity index (χ4v) is 1.64. The molecule has 0 spiro atoms. The van der Waals surface area contributed by atoms with Crippen LogP contribution < -0.4 is 10.6 Å². The van der Waals surface area contributed by atoms with Gasteiger partial charge in [0.1, 0.15) is 11.6 Å². The lowest BCUT2D eigenvalue weighted by atomic mass is 10.2. The van der Waals surface area contributed by atoms with Crippen molar-refractivity contribution in [3.63, 3.8) is 0 Å². The molecule has 1 aromatic rings. The third kappa shape index (κ3) is 1.70. The molecule has 1 aromatic carbocycles. The van der Waals surface area contributed by atoms with E-state index < -0.39 is 17.7 Å². The van der Waals surface area contributed by atoms with Crippen molar-refractivity contribution < 1.29 is 13.6 Å². The molecular formula is C10H10F2N2O. The number of benzene rings is 1. The van der Waals surface area contributed by atoms with Gasteiger partial charge in [-0.05, 0) is 18.6 Å². The number of hydrogen-bond acceptors (Lipinski definition) is 2. The third-order valence-corrected chi connectivity index (χ3v) is 2.45. The van der Waals surface area contributed by atoms with E-state index in [9.17, 15) is 13.6 Å². The second kappa shape index (κ2) is 3.58. The van der Waals surface area contributed by atoms with E-state index in [4.69, 9.17) is 5.73 Å². The fourth-order valence-electron chi connectivity index (χ4n) is 1.64. The summed E-state index contributed by atoms with van der Waals surface area (Å²) in [6.45, 7) is 0.378. The predicted molar refractivity (Wildman–Crippen MR) is 51.3 cm³/mol. The van der Waals surface area contributed by atoms with E-state index in [0.717, 1.165) is 12.1 Å². The first-order chi connectivity index (χ1) is 7.09. The second-order valence-corrected chi connectivity index (χ2v) is 3.48. The van der Waals surface area contributed by atoms with Crippen molar-refractivity contribution in [2.75, 3.05) is 11.4 Å². The first-order valence-corrected chi connectivity index (χ1v) is 4.61. The van der Waals surface area contributed by atoms with Gasteiger partial charge in [-0.25, -0.2) is 8.78 Å².